The van der Waals surface area contributed by atoms with E-state index in [1.165, 1.54) is 0 Å². The van der Waals surface area contributed by atoms with E-state index in [9.17, 15) is 0 Å². The van der Waals surface area contributed by atoms with E-state index in [-0.39, 0.29) is 5.66 Å². The third-order valence-electron chi connectivity index (χ3n) is 1.94. The van der Waals surface area contributed by atoms with Gasteiger partial charge in [0.25, 0.3) is 0 Å². The number of hydrogen-bond donors (Lipinski definition) is 1. The predicted octanol–water partition coefficient (Wildman–Crippen LogP) is 0.530. The molecule has 44 valence electrons. The van der Waals surface area contributed by atoms with Crippen molar-refractivity contribution in [3.8, 4) is 0 Å². The molecule has 2 aliphatic rings. The van der Waals surface area contributed by atoms with E-state index >= 15 is 0 Å². The maximum Gasteiger partial charge on any atom is 0.193 e. The van der Waals surface area contributed by atoms with Gasteiger partial charge < -0.3 is 5.32 Å². The van der Waals surface area contributed by atoms with E-state index in [1.54, 1.807) is 0 Å². The van der Waals surface area contributed by atoms with E-state index in [4.69, 9.17) is 0 Å². The molecule has 0 amide bonds. The Morgan fingerprint density at radius 3 is 2.50 bits per heavy atom. The molecule has 0 unspecified atom stereocenters. The molecule has 0 aromatic rings. The lowest BCUT2D eigenvalue weighted by Gasteiger charge is -2.30. The lowest BCUT2D eigenvalue weighted by Crippen LogP contribution is -2.44. The zero-order valence-corrected chi connectivity index (χ0v) is 4.89. The minimum absolute atomic E-state index is 0.133. The summed E-state index contributed by atoms with van der Waals surface area (Å²) in [4.78, 5) is 0. The Balaban J connectivity index is 1.85. The van der Waals surface area contributed by atoms with E-state index in [0.29, 0.717) is 6.04 Å². The fraction of sp³-hybridized carbons (Fsp3) is 1.00. The average Bonchev–Trinajstić information content (AvgIpc) is 2.38. The molecule has 3 nitrogen and oxygen atoms in total. The van der Waals surface area contributed by atoms with E-state index < -0.39 is 0 Å². The summed E-state index contributed by atoms with van der Waals surface area (Å²) in [6.07, 6.45) is 2.26. The molecule has 1 spiro atoms. The van der Waals surface area contributed by atoms with Crippen LogP contribution in [0.1, 0.15) is 12.8 Å². The van der Waals surface area contributed by atoms with Gasteiger partial charge in [-0.25, -0.2) is 0 Å². The fourth-order valence-electron chi connectivity index (χ4n) is 1.17. The van der Waals surface area contributed by atoms with Gasteiger partial charge in [-0.1, -0.05) is 0 Å². The molecule has 0 aromatic carbocycles. The molecule has 3 heteroatoms. The van der Waals surface area contributed by atoms with Gasteiger partial charge in [0.05, 0.1) is 0 Å². The first-order valence-corrected chi connectivity index (χ1v) is 2.96. The molecule has 1 N–H and O–H groups in total. The van der Waals surface area contributed by atoms with Crippen molar-refractivity contribution in [2.75, 3.05) is 7.05 Å². The highest BCUT2D eigenvalue weighted by atomic mass is 15.5. The Kier molecular flexibility index (Phi) is 0.612. The summed E-state index contributed by atoms with van der Waals surface area (Å²) < 4.78 is 0. The molecule has 1 saturated carbocycles. The molecule has 0 radical (unpaired) electrons. The zero-order chi connectivity index (χ0) is 5.61. The molecular weight excluding hydrogens is 102 g/mol. The van der Waals surface area contributed by atoms with Crippen molar-refractivity contribution in [2.24, 2.45) is 10.2 Å². The topological polar surface area (TPSA) is 36.8 Å². The van der Waals surface area contributed by atoms with Crippen molar-refractivity contribution in [2.45, 2.75) is 24.5 Å². The normalized spacial score (nSPS) is 30.6. The second-order valence-corrected chi connectivity index (χ2v) is 2.58. The Morgan fingerprint density at radius 1 is 1.50 bits per heavy atom. The van der Waals surface area contributed by atoms with E-state index in [0.717, 1.165) is 12.8 Å². The van der Waals surface area contributed by atoms with Gasteiger partial charge in [0.2, 0.25) is 0 Å². The Labute approximate surface area is 48.2 Å². The molecule has 0 saturated heterocycles. The fourth-order valence-corrected chi connectivity index (χ4v) is 1.17. The lowest BCUT2D eigenvalue weighted by molar-refractivity contribution is 0.266. The van der Waals surface area contributed by atoms with Crippen LogP contribution in [-0.2, 0) is 0 Å². The van der Waals surface area contributed by atoms with E-state index in [1.807, 2.05) is 7.05 Å². The quantitative estimate of drug-likeness (QED) is 0.526. The molecule has 1 aliphatic carbocycles. The maximum absolute atomic E-state index is 3.92. The van der Waals surface area contributed by atoms with E-state index in [2.05, 4.69) is 15.5 Å². The lowest BCUT2D eigenvalue weighted by atomic mass is 9.83. The largest absolute Gasteiger partial charge is 0.317 e. The van der Waals surface area contributed by atoms with Crippen molar-refractivity contribution in [3.63, 3.8) is 0 Å². The SMILES string of the molecule is CNC1CC2(C1)N=N2. The first kappa shape index (κ1) is 4.44. The molecule has 1 fully saturated rings. The number of rotatable bonds is 1. The van der Waals surface area contributed by atoms with Crippen LogP contribution in [-0.4, -0.2) is 18.8 Å². The van der Waals surface area contributed by atoms with Crippen molar-refractivity contribution < 1.29 is 0 Å². The molecule has 1 heterocycles. The summed E-state index contributed by atoms with van der Waals surface area (Å²) in [5.74, 6) is 0. The van der Waals surface area contributed by atoms with Crippen molar-refractivity contribution >= 4 is 0 Å². The van der Waals surface area contributed by atoms with Crippen LogP contribution in [0.5, 0.6) is 0 Å². The first-order chi connectivity index (χ1) is 3.85. The monoisotopic (exact) mass is 111 g/mol. The van der Waals surface area contributed by atoms with Crippen LogP contribution in [0.4, 0.5) is 0 Å². The van der Waals surface area contributed by atoms with Crippen LogP contribution >= 0.6 is 0 Å². The van der Waals surface area contributed by atoms with Crippen LogP contribution in [0.25, 0.3) is 0 Å². The smallest absolute Gasteiger partial charge is 0.193 e. The first-order valence-electron chi connectivity index (χ1n) is 2.96. The number of hydrogen-bond acceptors (Lipinski definition) is 3. The van der Waals surface area contributed by atoms with Crippen LogP contribution in [0.15, 0.2) is 10.2 Å². The summed E-state index contributed by atoms with van der Waals surface area (Å²) in [5, 5.41) is 11.0. The van der Waals surface area contributed by atoms with Crippen molar-refractivity contribution in [1.82, 2.24) is 5.32 Å². The molecule has 0 atom stereocenters. The Hall–Kier alpha value is -0.440. The zero-order valence-electron chi connectivity index (χ0n) is 4.89. The van der Waals surface area contributed by atoms with Gasteiger partial charge in [0.1, 0.15) is 0 Å². The van der Waals surface area contributed by atoms with Gasteiger partial charge in [-0.05, 0) is 7.05 Å². The van der Waals surface area contributed by atoms with Crippen LogP contribution in [0, 0.1) is 0 Å². The third kappa shape index (κ3) is 0.422. The van der Waals surface area contributed by atoms with Gasteiger partial charge in [0, 0.05) is 18.9 Å². The molecule has 0 aromatic heterocycles. The van der Waals surface area contributed by atoms with Crippen molar-refractivity contribution in [1.29, 1.82) is 0 Å². The number of nitrogens with zero attached hydrogens (tertiary/aromatic N) is 2. The molecule has 2 rings (SSSR count). The summed E-state index contributed by atoms with van der Waals surface area (Å²) in [7, 11) is 1.99. The number of nitrogens with one attached hydrogen (secondary N) is 1. The van der Waals surface area contributed by atoms with Gasteiger partial charge in [-0.15, -0.1) is 0 Å². The average molecular weight is 111 g/mol. The summed E-state index contributed by atoms with van der Waals surface area (Å²) in [5.41, 5.74) is 0.133. The predicted molar refractivity (Wildman–Crippen MR) is 29.7 cm³/mol. The second-order valence-electron chi connectivity index (χ2n) is 2.58. The maximum atomic E-state index is 3.92. The van der Waals surface area contributed by atoms with Gasteiger partial charge in [0.15, 0.2) is 5.66 Å². The van der Waals surface area contributed by atoms with Gasteiger partial charge in [-0.2, -0.15) is 10.2 Å². The van der Waals surface area contributed by atoms with Crippen LogP contribution in [0.2, 0.25) is 0 Å². The highest BCUT2D eigenvalue weighted by Crippen LogP contribution is 2.46. The van der Waals surface area contributed by atoms with Gasteiger partial charge in [-0.3, -0.25) is 0 Å². The minimum atomic E-state index is 0.133. The highest BCUT2D eigenvalue weighted by Gasteiger charge is 2.51. The molecular formula is C5H9N3. The van der Waals surface area contributed by atoms with Crippen LogP contribution < -0.4 is 5.32 Å². The van der Waals surface area contributed by atoms with Crippen LogP contribution in [0.3, 0.4) is 0 Å². The summed E-state index contributed by atoms with van der Waals surface area (Å²) in [6, 6.07) is 0.685. The summed E-state index contributed by atoms with van der Waals surface area (Å²) in [6.45, 7) is 0. The minimum Gasteiger partial charge on any atom is -0.317 e. The Morgan fingerprint density at radius 2 is 2.12 bits per heavy atom. The summed E-state index contributed by atoms with van der Waals surface area (Å²) >= 11 is 0. The molecule has 1 aliphatic heterocycles. The standard InChI is InChI=1S/C5H9N3/c1-6-4-2-5(3-4)7-8-5/h4,6H,2-3H2,1H3. The molecule has 8 heavy (non-hydrogen) atoms. The highest BCUT2D eigenvalue weighted by molar-refractivity contribution is 5.07. The second kappa shape index (κ2) is 1.10. The van der Waals surface area contributed by atoms with Gasteiger partial charge >= 0.3 is 0 Å². The molecule has 0 bridgehead atoms. The third-order valence-corrected chi connectivity index (χ3v) is 1.94. The van der Waals surface area contributed by atoms with Crippen molar-refractivity contribution in [3.05, 3.63) is 0 Å². The Bertz CT molecular complexity index is 127.